The van der Waals surface area contributed by atoms with E-state index in [1.807, 2.05) is 6.07 Å². The maximum atomic E-state index is 11.6. The highest BCUT2D eigenvalue weighted by molar-refractivity contribution is 8.10. The molecule has 0 saturated carbocycles. The number of benzene rings is 1. The molecule has 0 fully saturated rings. The average molecular weight is 251 g/mol. The predicted molar refractivity (Wildman–Crippen MR) is 68.0 cm³/mol. The van der Waals surface area contributed by atoms with Gasteiger partial charge >= 0.3 is 0 Å². The van der Waals surface area contributed by atoms with Crippen molar-refractivity contribution in [3.05, 3.63) is 35.4 Å². The highest BCUT2D eigenvalue weighted by Gasteiger charge is 2.08. The molecule has 0 aliphatic carbocycles. The third kappa shape index (κ3) is 3.22. The van der Waals surface area contributed by atoms with Gasteiger partial charge in [-0.15, -0.1) is 12.6 Å². The van der Waals surface area contributed by atoms with Crippen LogP contribution in [0.15, 0.2) is 24.3 Å². The number of thiocarbonyl (C=S) groups is 1. The fraction of sp³-hybridized carbons (Fsp3) is 0.100. The van der Waals surface area contributed by atoms with Crippen molar-refractivity contribution in [3.63, 3.8) is 0 Å². The summed E-state index contributed by atoms with van der Waals surface area (Å²) in [5, 5.41) is 9.93. The molecule has 0 saturated heterocycles. The second-order valence-electron chi connectivity index (χ2n) is 2.97. The number of hydrogen-bond acceptors (Lipinski definition) is 3. The summed E-state index contributed by atoms with van der Waals surface area (Å²) < 4.78 is 0.266. The lowest BCUT2D eigenvalue weighted by atomic mass is 10.1. The lowest BCUT2D eigenvalue weighted by molar-refractivity contribution is 0.0890. The molecular formula is C10H9N3OS2. The van der Waals surface area contributed by atoms with Crippen LogP contribution in [-0.2, 0) is 0 Å². The fourth-order valence-corrected chi connectivity index (χ4v) is 1.06. The second kappa shape index (κ2) is 5.49. The molecule has 1 aromatic carbocycles. The Hall–Kier alpha value is -1.58. The second-order valence-corrected chi connectivity index (χ2v) is 4.08. The normalized spacial score (nSPS) is 9.06. The monoisotopic (exact) mass is 251 g/mol. The lowest BCUT2D eigenvalue weighted by Crippen LogP contribution is -2.40. The third-order valence-corrected chi connectivity index (χ3v) is 2.41. The lowest BCUT2D eigenvalue weighted by Gasteiger charge is -2.17. The summed E-state index contributed by atoms with van der Waals surface area (Å²) in [7, 11) is 1.59. The summed E-state index contributed by atoms with van der Waals surface area (Å²) in [4.78, 5) is 11.6. The molecule has 4 nitrogen and oxygen atoms in total. The first-order valence-electron chi connectivity index (χ1n) is 4.32. The van der Waals surface area contributed by atoms with Gasteiger partial charge in [0.25, 0.3) is 5.91 Å². The number of nitrogens with zero attached hydrogens (tertiary/aromatic N) is 2. The van der Waals surface area contributed by atoms with Crippen molar-refractivity contribution in [1.29, 1.82) is 5.26 Å². The van der Waals surface area contributed by atoms with E-state index in [4.69, 9.17) is 17.5 Å². The zero-order valence-corrected chi connectivity index (χ0v) is 10.2. The summed E-state index contributed by atoms with van der Waals surface area (Å²) in [6, 6.07) is 8.28. The van der Waals surface area contributed by atoms with Gasteiger partial charge in [-0.05, 0) is 24.3 Å². The van der Waals surface area contributed by atoms with Crippen LogP contribution in [0.1, 0.15) is 15.9 Å². The predicted octanol–water partition coefficient (Wildman–Crippen LogP) is 1.35. The van der Waals surface area contributed by atoms with E-state index in [0.717, 1.165) is 0 Å². The molecule has 0 heterocycles. The zero-order chi connectivity index (χ0) is 12.1. The Morgan fingerprint density at radius 3 is 2.50 bits per heavy atom. The van der Waals surface area contributed by atoms with Gasteiger partial charge in [0.05, 0.1) is 11.6 Å². The maximum absolute atomic E-state index is 11.6. The highest BCUT2D eigenvalue weighted by atomic mass is 32.1. The zero-order valence-electron chi connectivity index (χ0n) is 8.47. The van der Waals surface area contributed by atoms with Crippen LogP contribution >= 0.6 is 24.8 Å². The van der Waals surface area contributed by atoms with E-state index < -0.39 is 0 Å². The molecule has 6 heteroatoms. The summed E-state index contributed by atoms with van der Waals surface area (Å²) in [5.41, 5.74) is 3.49. The number of hydrogen-bond donors (Lipinski definition) is 2. The van der Waals surface area contributed by atoms with Gasteiger partial charge in [-0.2, -0.15) is 5.26 Å². The van der Waals surface area contributed by atoms with Crippen molar-refractivity contribution in [2.24, 2.45) is 0 Å². The molecule has 0 spiro atoms. The van der Waals surface area contributed by atoms with Crippen LogP contribution in [0.3, 0.4) is 0 Å². The van der Waals surface area contributed by atoms with E-state index >= 15 is 0 Å². The van der Waals surface area contributed by atoms with Crippen molar-refractivity contribution in [2.45, 2.75) is 0 Å². The van der Waals surface area contributed by atoms with Crippen molar-refractivity contribution in [3.8, 4) is 6.07 Å². The average Bonchev–Trinajstić information content (AvgIpc) is 2.28. The number of rotatable bonds is 1. The van der Waals surface area contributed by atoms with Crippen LogP contribution in [0.4, 0.5) is 0 Å². The van der Waals surface area contributed by atoms with Crippen molar-refractivity contribution in [2.75, 3.05) is 7.05 Å². The molecule has 16 heavy (non-hydrogen) atoms. The van der Waals surface area contributed by atoms with Gasteiger partial charge in [-0.1, -0.05) is 12.2 Å². The first-order valence-corrected chi connectivity index (χ1v) is 5.18. The van der Waals surface area contributed by atoms with Crippen LogP contribution in [0, 0.1) is 11.3 Å². The largest absolute Gasteiger partial charge is 0.272 e. The molecule has 0 atom stereocenters. The van der Waals surface area contributed by atoms with Gasteiger partial charge in [-0.25, -0.2) is 0 Å². The topological polar surface area (TPSA) is 56.1 Å². The maximum Gasteiger partial charge on any atom is 0.269 e. The van der Waals surface area contributed by atoms with E-state index in [-0.39, 0.29) is 10.2 Å². The minimum Gasteiger partial charge on any atom is -0.272 e. The first-order chi connectivity index (χ1) is 7.54. The number of carbonyl (C=O) groups is 1. The minimum atomic E-state index is -0.302. The summed E-state index contributed by atoms with van der Waals surface area (Å²) in [6.45, 7) is 0. The van der Waals surface area contributed by atoms with Crippen molar-refractivity contribution in [1.82, 2.24) is 10.4 Å². The smallest absolute Gasteiger partial charge is 0.269 e. The fourth-order valence-electron chi connectivity index (χ4n) is 0.961. The first kappa shape index (κ1) is 12.5. The van der Waals surface area contributed by atoms with Gasteiger partial charge in [0.1, 0.15) is 0 Å². The molecular weight excluding hydrogens is 242 g/mol. The van der Waals surface area contributed by atoms with E-state index in [2.05, 4.69) is 18.1 Å². The molecule has 0 radical (unpaired) electrons. The SMILES string of the molecule is CN(NC(=O)c1ccc(C#N)cc1)C(=S)S. The van der Waals surface area contributed by atoms with Crippen molar-refractivity contribution >= 4 is 35.1 Å². The van der Waals surface area contributed by atoms with Gasteiger partial charge in [-0.3, -0.25) is 15.2 Å². The Labute approximate surface area is 104 Å². The Bertz CT molecular complexity index is 450. The molecule has 0 aromatic heterocycles. The molecule has 1 aromatic rings. The van der Waals surface area contributed by atoms with E-state index in [1.54, 1.807) is 31.3 Å². The van der Waals surface area contributed by atoms with Gasteiger partial charge < -0.3 is 0 Å². The Balaban J connectivity index is 2.74. The third-order valence-electron chi connectivity index (χ3n) is 1.83. The number of thiol groups is 1. The Morgan fingerprint density at radius 1 is 1.50 bits per heavy atom. The molecule has 0 bridgehead atoms. The molecule has 1 amide bonds. The number of carbonyl (C=O) groups excluding carboxylic acids is 1. The molecule has 82 valence electrons. The van der Waals surface area contributed by atoms with E-state index in [1.165, 1.54) is 5.01 Å². The van der Waals surface area contributed by atoms with E-state index in [9.17, 15) is 4.79 Å². The molecule has 0 aliphatic heterocycles. The molecule has 1 rings (SSSR count). The molecule has 0 unspecified atom stereocenters. The number of nitrogens with one attached hydrogen (secondary N) is 1. The molecule has 0 aliphatic rings. The van der Waals surface area contributed by atoms with Crippen LogP contribution in [0.2, 0.25) is 0 Å². The Morgan fingerprint density at radius 2 is 2.06 bits per heavy atom. The highest BCUT2D eigenvalue weighted by Crippen LogP contribution is 2.03. The van der Waals surface area contributed by atoms with Crippen molar-refractivity contribution < 1.29 is 4.79 Å². The van der Waals surface area contributed by atoms with Crippen LogP contribution in [-0.4, -0.2) is 22.3 Å². The number of hydrazine groups is 1. The van der Waals surface area contributed by atoms with Crippen LogP contribution in [0.25, 0.3) is 0 Å². The molecule has 1 N–H and O–H groups in total. The van der Waals surface area contributed by atoms with Crippen LogP contribution in [0.5, 0.6) is 0 Å². The van der Waals surface area contributed by atoms with E-state index in [0.29, 0.717) is 11.1 Å². The summed E-state index contributed by atoms with van der Waals surface area (Å²) in [6.07, 6.45) is 0. The van der Waals surface area contributed by atoms with Gasteiger partial charge in [0.15, 0.2) is 4.32 Å². The van der Waals surface area contributed by atoms with Gasteiger partial charge in [0.2, 0.25) is 0 Å². The Kier molecular flexibility index (Phi) is 4.28. The standard InChI is InChI=1S/C10H9N3OS2/c1-13(10(15)16)12-9(14)8-4-2-7(6-11)3-5-8/h2-5H,1H3,(H,12,14)(H,15,16). The summed E-state index contributed by atoms with van der Waals surface area (Å²) >= 11 is 8.67. The number of nitriles is 1. The minimum absolute atomic E-state index is 0.266. The van der Waals surface area contributed by atoms with Gasteiger partial charge in [0, 0.05) is 12.6 Å². The number of amides is 1. The van der Waals surface area contributed by atoms with Crippen LogP contribution < -0.4 is 5.43 Å². The quantitative estimate of drug-likeness (QED) is 0.449. The summed E-state index contributed by atoms with van der Waals surface area (Å²) in [5.74, 6) is -0.302.